The van der Waals surface area contributed by atoms with E-state index >= 15 is 0 Å². The van der Waals surface area contributed by atoms with Gasteiger partial charge in [-0.1, -0.05) is 104 Å². The van der Waals surface area contributed by atoms with Crippen molar-refractivity contribution in [3.63, 3.8) is 0 Å². The van der Waals surface area contributed by atoms with Crippen molar-refractivity contribution in [2.24, 2.45) is 10.9 Å². The Balaban J connectivity index is 1.40. The molecule has 2 aromatic heterocycles. The van der Waals surface area contributed by atoms with Crippen LogP contribution in [0.3, 0.4) is 0 Å². The fraction of sp³-hybridized carbons (Fsp3) is 0.0769. The van der Waals surface area contributed by atoms with Crippen LogP contribution in [0.4, 0.5) is 0 Å². The number of benzene rings is 5. The van der Waals surface area contributed by atoms with Crippen molar-refractivity contribution >= 4 is 38.3 Å². The summed E-state index contributed by atoms with van der Waals surface area (Å²) in [5, 5.41) is 4.55. The van der Waals surface area contributed by atoms with Crippen molar-refractivity contribution in [1.82, 2.24) is 15.0 Å². The maximum absolute atomic E-state index is 5.29. The van der Waals surface area contributed by atoms with Crippen LogP contribution in [0.2, 0.25) is 0 Å². The molecule has 0 aliphatic carbocycles. The molecule has 0 N–H and O–H groups in total. The van der Waals surface area contributed by atoms with Gasteiger partial charge in [-0.3, -0.25) is 9.98 Å². The van der Waals surface area contributed by atoms with Crippen LogP contribution in [0.5, 0.6) is 0 Å². The first-order valence-electron chi connectivity index (χ1n) is 14.7. The van der Waals surface area contributed by atoms with Crippen LogP contribution in [0.25, 0.3) is 66.4 Å². The molecule has 0 amide bonds. The highest BCUT2D eigenvalue weighted by atomic mass is 14.8. The van der Waals surface area contributed by atoms with E-state index < -0.39 is 0 Å². The molecule has 4 nitrogen and oxygen atoms in total. The largest absolute Gasteiger partial charge is 0.284 e. The Morgan fingerprint density at radius 2 is 1.05 bits per heavy atom. The lowest BCUT2D eigenvalue weighted by Gasteiger charge is -2.18. The van der Waals surface area contributed by atoms with E-state index in [-0.39, 0.29) is 0 Å². The Hall–Kier alpha value is -5.48. The quantitative estimate of drug-likeness (QED) is 0.219. The Bertz CT molecular complexity index is 2230. The minimum atomic E-state index is 0.462. The molecular weight excluding hydrogens is 524 g/mol. The molecule has 1 unspecified atom stereocenters. The average molecular weight is 553 g/mol. The minimum absolute atomic E-state index is 0.462. The second kappa shape index (κ2) is 10.4. The molecule has 0 saturated carbocycles. The number of para-hydroxylation sites is 2. The fourth-order valence-electron chi connectivity index (χ4n) is 6.14. The van der Waals surface area contributed by atoms with Gasteiger partial charge in [-0.05, 0) is 57.8 Å². The third-order valence-electron chi connectivity index (χ3n) is 8.28. The molecule has 0 saturated heterocycles. The number of hydrogen-bond acceptors (Lipinski definition) is 4. The number of hydrogen-bond donors (Lipinski definition) is 0. The first kappa shape index (κ1) is 25.2. The van der Waals surface area contributed by atoms with Gasteiger partial charge < -0.3 is 0 Å². The summed E-state index contributed by atoms with van der Waals surface area (Å²) in [6.07, 6.45) is 6.25. The van der Waals surface area contributed by atoms with E-state index in [9.17, 15) is 0 Å². The molecule has 5 aromatic carbocycles. The number of aromatic nitrogens is 3. The van der Waals surface area contributed by atoms with E-state index in [2.05, 4.69) is 103 Å². The number of allylic oxidation sites excluding steroid dienone is 1. The third kappa shape index (κ3) is 4.39. The summed E-state index contributed by atoms with van der Waals surface area (Å²) in [5.74, 6) is 0.462. The van der Waals surface area contributed by atoms with Gasteiger partial charge in [0.2, 0.25) is 0 Å². The van der Waals surface area contributed by atoms with E-state index in [1.54, 1.807) is 0 Å². The number of pyridine rings is 1. The highest BCUT2D eigenvalue weighted by molar-refractivity contribution is 6.19. The van der Waals surface area contributed by atoms with Gasteiger partial charge in [0.1, 0.15) is 0 Å². The van der Waals surface area contributed by atoms with Crippen LogP contribution in [0.15, 0.2) is 139 Å². The van der Waals surface area contributed by atoms with Gasteiger partial charge in [-0.2, -0.15) is 0 Å². The van der Waals surface area contributed by atoms with Crippen molar-refractivity contribution in [3.8, 4) is 33.8 Å². The zero-order valence-electron chi connectivity index (χ0n) is 23.8. The molecule has 8 rings (SSSR count). The Kier molecular flexibility index (Phi) is 6.11. The summed E-state index contributed by atoms with van der Waals surface area (Å²) < 4.78 is 0. The lowest BCUT2D eigenvalue weighted by molar-refractivity contribution is 0.734. The molecular formula is C39H28N4. The summed E-state index contributed by atoms with van der Waals surface area (Å²) >= 11 is 0. The second-order valence-corrected chi connectivity index (χ2v) is 11.1. The predicted molar refractivity (Wildman–Crippen MR) is 178 cm³/mol. The van der Waals surface area contributed by atoms with Crippen molar-refractivity contribution < 1.29 is 0 Å². The van der Waals surface area contributed by atoms with Crippen LogP contribution in [-0.2, 0) is 0 Å². The van der Waals surface area contributed by atoms with Crippen molar-refractivity contribution in [3.05, 3.63) is 139 Å². The second-order valence-electron chi connectivity index (χ2n) is 11.1. The predicted octanol–water partition coefficient (Wildman–Crippen LogP) is 9.33. The highest BCUT2D eigenvalue weighted by Crippen LogP contribution is 2.41. The van der Waals surface area contributed by atoms with Crippen molar-refractivity contribution in [2.75, 3.05) is 6.54 Å². The molecule has 43 heavy (non-hydrogen) atoms. The summed E-state index contributed by atoms with van der Waals surface area (Å²) in [6.45, 7) is 3.01. The number of nitrogens with zero attached hydrogens (tertiary/aromatic N) is 4. The standard InChI is InChI=1S/C39H28N4/c1-25-17-22-35(41-24-25)31-19-21-33(29-13-5-3-11-27(29)31)39-38(42-36-15-6-7-16-37(36)43-39)32-20-18-30(34-14-8-9-23-40-34)26-10-2-4-12-28(26)32/h2-23,25H,24H2,1H3. The Labute approximate surface area is 250 Å². The van der Waals surface area contributed by atoms with Gasteiger partial charge in [-0.25, -0.2) is 9.97 Å². The summed E-state index contributed by atoms with van der Waals surface area (Å²) in [6, 6.07) is 40.0. The van der Waals surface area contributed by atoms with E-state index in [1.807, 2.05) is 42.6 Å². The molecule has 204 valence electrons. The van der Waals surface area contributed by atoms with Crippen LogP contribution < -0.4 is 0 Å². The molecule has 1 aliphatic rings. The maximum Gasteiger partial charge on any atom is 0.0979 e. The smallest absolute Gasteiger partial charge is 0.0979 e. The number of rotatable bonds is 4. The normalized spacial score (nSPS) is 14.8. The van der Waals surface area contributed by atoms with E-state index in [1.165, 1.54) is 0 Å². The highest BCUT2D eigenvalue weighted by Gasteiger charge is 2.20. The van der Waals surface area contributed by atoms with Gasteiger partial charge in [0.15, 0.2) is 0 Å². The molecule has 0 fully saturated rings. The van der Waals surface area contributed by atoms with Crippen LogP contribution in [0.1, 0.15) is 12.5 Å². The van der Waals surface area contributed by atoms with Crippen LogP contribution in [0, 0.1) is 5.92 Å². The van der Waals surface area contributed by atoms with Crippen LogP contribution >= 0.6 is 0 Å². The van der Waals surface area contributed by atoms with E-state index in [4.69, 9.17) is 15.0 Å². The molecule has 3 heterocycles. The van der Waals surface area contributed by atoms with E-state index in [0.29, 0.717) is 5.92 Å². The Morgan fingerprint density at radius 1 is 0.535 bits per heavy atom. The van der Waals surface area contributed by atoms with Gasteiger partial charge >= 0.3 is 0 Å². The molecule has 0 radical (unpaired) electrons. The third-order valence-corrected chi connectivity index (χ3v) is 8.28. The molecule has 0 spiro atoms. The van der Waals surface area contributed by atoms with Crippen molar-refractivity contribution in [2.45, 2.75) is 6.92 Å². The van der Waals surface area contributed by atoms with Gasteiger partial charge in [0.05, 0.1) is 33.8 Å². The zero-order chi connectivity index (χ0) is 28.8. The minimum Gasteiger partial charge on any atom is -0.284 e. The fourth-order valence-corrected chi connectivity index (χ4v) is 6.14. The zero-order valence-corrected chi connectivity index (χ0v) is 23.8. The number of aliphatic imine (C=N–C) groups is 1. The first-order valence-corrected chi connectivity index (χ1v) is 14.7. The molecule has 0 bridgehead atoms. The first-order chi connectivity index (χ1) is 21.2. The lowest BCUT2D eigenvalue weighted by atomic mass is 9.90. The van der Waals surface area contributed by atoms with E-state index in [0.717, 1.165) is 84.2 Å². The SMILES string of the molecule is CC1C=CC(c2ccc(-c3nc4ccccc4nc3-c3ccc(-c4ccccn4)c4ccccc34)c3ccccc23)=NC1. The van der Waals surface area contributed by atoms with Gasteiger partial charge in [0.25, 0.3) is 0 Å². The summed E-state index contributed by atoms with van der Waals surface area (Å²) in [5.41, 5.74) is 9.80. The van der Waals surface area contributed by atoms with Crippen molar-refractivity contribution in [1.29, 1.82) is 0 Å². The average Bonchev–Trinajstić information content (AvgIpc) is 3.07. The Morgan fingerprint density at radius 3 is 1.60 bits per heavy atom. The van der Waals surface area contributed by atoms with Gasteiger partial charge in [0, 0.05) is 35.0 Å². The molecule has 7 aromatic rings. The summed E-state index contributed by atoms with van der Waals surface area (Å²) in [7, 11) is 0. The monoisotopic (exact) mass is 552 g/mol. The lowest BCUT2D eigenvalue weighted by Crippen LogP contribution is -2.09. The number of fused-ring (bicyclic) bond motifs is 3. The summed E-state index contributed by atoms with van der Waals surface area (Å²) in [4.78, 5) is 20.1. The molecule has 1 aliphatic heterocycles. The van der Waals surface area contributed by atoms with Crippen LogP contribution in [-0.4, -0.2) is 27.2 Å². The molecule has 4 heteroatoms. The van der Waals surface area contributed by atoms with Gasteiger partial charge in [-0.15, -0.1) is 0 Å². The molecule has 1 atom stereocenters. The maximum atomic E-state index is 5.29. The topological polar surface area (TPSA) is 51.0 Å². The number of dihydropyridines is 1.